The van der Waals surface area contributed by atoms with Crippen molar-refractivity contribution in [2.75, 3.05) is 26.2 Å². The fraction of sp³-hybridized carbons (Fsp3) is 0.444. The number of amides is 2. The first-order valence-electron chi connectivity index (χ1n) is 8.51. The molecule has 0 radical (unpaired) electrons. The third-order valence-corrected chi connectivity index (χ3v) is 5.25. The SMILES string of the molecule is O=C1NCCN1C1CCN(Cc2cc(Cl)cc3cccnc23)CC1. The number of carbonyl (C=O) groups excluding carboxylic acids is 1. The molecule has 4 rings (SSSR count). The van der Waals surface area contributed by atoms with Crippen LogP contribution in [0.25, 0.3) is 10.9 Å². The number of hydrogen-bond donors (Lipinski definition) is 1. The van der Waals surface area contributed by atoms with Gasteiger partial charge in [-0.05, 0) is 36.6 Å². The van der Waals surface area contributed by atoms with Crippen LogP contribution in [0, 0.1) is 0 Å². The molecule has 2 fully saturated rings. The number of fused-ring (bicyclic) bond motifs is 1. The Labute approximate surface area is 146 Å². The van der Waals surface area contributed by atoms with E-state index in [1.165, 1.54) is 5.56 Å². The molecule has 126 valence electrons. The van der Waals surface area contributed by atoms with Crippen molar-refractivity contribution in [2.24, 2.45) is 0 Å². The summed E-state index contributed by atoms with van der Waals surface area (Å²) in [5.41, 5.74) is 2.21. The second-order valence-corrected chi connectivity index (χ2v) is 7.01. The lowest BCUT2D eigenvalue weighted by Gasteiger charge is -2.36. The summed E-state index contributed by atoms with van der Waals surface area (Å²) in [5.74, 6) is 0. The highest BCUT2D eigenvalue weighted by atomic mass is 35.5. The largest absolute Gasteiger partial charge is 0.336 e. The number of benzene rings is 1. The topological polar surface area (TPSA) is 48.5 Å². The van der Waals surface area contributed by atoms with Crippen molar-refractivity contribution in [1.29, 1.82) is 0 Å². The number of urea groups is 1. The summed E-state index contributed by atoms with van der Waals surface area (Å²) in [4.78, 5) is 20.8. The van der Waals surface area contributed by atoms with E-state index < -0.39 is 0 Å². The van der Waals surface area contributed by atoms with E-state index in [2.05, 4.69) is 21.3 Å². The zero-order valence-corrected chi connectivity index (χ0v) is 14.3. The molecule has 1 aromatic heterocycles. The lowest BCUT2D eigenvalue weighted by Crippen LogP contribution is -2.45. The molecule has 0 atom stereocenters. The molecule has 6 heteroatoms. The average Bonchev–Trinajstić information content (AvgIpc) is 3.01. The molecule has 2 saturated heterocycles. The van der Waals surface area contributed by atoms with E-state index in [1.54, 1.807) is 0 Å². The Balaban J connectivity index is 1.45. The Bertz CT molecular complexity index is 758. The van der Waals surface area contributed by atoms with E-state index in [0.717, 1.165) is 61.5 Å². The van der Waals surface area contributed by atoms with Gasteiger partial charge in [-0.15, -0.1) is 0 Å². The van der Waals surface area contributed by atoms with Crippen molar-refractivity contribution in [3.05, 3.63) is 41.0 Å². The smallest absolute Gasteiger partial charge is 0.317 e. The quantitative estimate of drug-likeness (QED) is 0.931. The van der Waals surface area contributed by atoms with Gasteiger partial charge in [-0.2, -0.15) is 0 Å². The summed E-state index contributed by atoms with van der Waals surface area (Å²) in [7, 11) is 0. The first-order valence-corrected chi connectivity index (χ1v) is 8.88. The van der Waals surface area contributed by atoms with E-state index in [9.17, 15) is 4.79 Å². The minimum Gasteiger partial charge on any atom is -0.336 e. The van der Waals surface area contributed by atoms with Gasteiger partial charge in [-0.25, -0.2) is 4.79 Å². The third-order valence-electron chi connectivity index (χ3n) is 5.03. The second kappa shape index (κ2) is 6.57. The molecule has 0 saturated carbocycles. The normalized spacial score (nSPS) is 19.9. The molecule has 0 aliphatic carbocycles. The molecule has 5 nitrogen and oxygen atoms in total. The molecule has 2 amide bonds. The van der Waals surface area contributed by atoms with Crippen molar-refractivity contribution in [3.63, 3.8) is 0 Å². The molecule has 2 aliphatic heterocycles. The lowest BCUT2D eigenvalue weighted by atomic mass is 10.0. The van der Waals surface area contributed by atoms with Crippen LogP contribution in [0.15, 0.2) is 30.5 Å². The van der Waals surface area contributed by atoms with Crippen LogP contribution in [0.2, 0.25) is 5.02 Å². The van der Waals surface area contributed by atoms with Gasteiger partial charge in [-0.3, -0.25) is 9.88 Å². The Kier molecular flexibility index (Phi) is 4.29. The van der Waals surface area contributed by atoms with Crippen LogP contribution in [0.1, 0.15) is 18.4 Å². The molecule has 2 aromatic rings. The molecule has 0 spiro atoms. The van der Waals surface area contributed by atoms with Gasteiger partial charge in [-0.1, -0.05) is 17.7 Å². The van der Waals surface area contributed by atoms with Crippen molar-refractivity contribution in [2.45, 2.75) is 25.4 Å². The highest BCUT2D eigenvalue weighted by Gasteiger charge is 2.30. The third kappa shape index (κ3) is 3.06. The van der Waals surface area contributed by atoms with Gasteiger partial charge in [0, 0.05) is 55.4 Å². The Morgan fingerprint density at radius 1 is 1.25 bits per heavy atom. The summed E-state index contributed by atoms with van der Waals surface area (Å²) < 4.78 is 0. The Morgan fingerprint density at radius 3 is 2.83 bits per heavy atom. The fourth-order valence-corrected chi connectivity index (χ4v) is 4.06. The molecule has 0 bridgehead atoms. The number of nitrogens with zero attached hydrogens (tertiary/aromatic N) is 3. The van der Waals surface area contributed by atoms with Crippen LogP contribution in [-0.2, 0) is 6.54 Å². The summed E-state index contributed by atoms with van der Waals surface area (Å²) in [6.07, 6.45) is 3.89. The number of aromatic nitrogens is 1. The van der Waals surface area contributed by atoms with Gasteiger partial charge in [0.1, 0.15) is 0 Å². The van der Waals surface area contributed by atoms with Crippen LogP contribution in [0.3, 0.4) is 0 Å². The monoisotopic (exact) mass is 344 g/mol. The number of rotatable bonds is 3. The van der Waals surface area contributed by atoms with Crippen LogP contribution in [0.5, 0.6) is 0 Å². The van der Waals surface area contributed by atoms with Crippen LogP contribution in [-0.4, -0.2) is 53.0 Å². The van der Waals surface area contributed by atoms with Crippen LogP contribution >= 0.6 is 11.6 Å². The summed E-state index contributed by atoms with van der Waals surface area (Å²) in [5, 5.41) is 4.74. The minimum atomic E-state index is 0.0958. The highest BCUT2D eigenvalue weighted by molar-refractivity contribution is 6.31. The molecule has 1 aromatic carbocycles. The van der Waals surface area contributed by atoms with Crippen molar-refractivity contribution < 1.29 is 4.79 Å². The molecule has 1 N–H and O–H groups in total. The minimum absolute atomic E-state index is 0.0958. The zero-order valence-electron chi connectivity index (χ0n) is 13.5. The van der Waals surface area contributed by atoms with Crippen molar-refractivity contribution in [3.8, 4) is 0 Å². The number of likely N-dealkylation sites (tertiary alicyclic amines) is 1. The van der Waals surface area contributed by atoms with E-state index in [4.69, 9.17) is 11.6 Å². The first kappa shape index (κ1) is 15.7. The summed E-state index contributed by atoms with van der Waals surface area (Å²) in [6.45, 7) is 4.46. The Morgan fingerprint density at radius 2 is 2.08 bits per heavy atom. The second-order valence-electron chi connectivity index (χ2n) is 6.57. The molecule has 0 unspecified atom stereocenters. The zero-order chi connectivity index (χ0) is 16.5. The van der Waals surface area contributed by atoms with E-state index in [-0.39, 0.29) is 6.03 Å². The molecule has 3 heterocycles. The van der Waals surface area contributed by atoms with Gasteiger partial charge < -0.3 is 10.2 Å². The van der Waals surface area contributed by atoms with Gasteiger partial charge in [0.05, 0.1) is 5.52 Å². The number of halogens is 1. The van der Waals surface area contributed by atoms with Gasteiger partial charge in [0.15, 0.2) is 0 Å². The maximum atomic E-state index is 11.8. The standard InChI is InChI=1S/C18H21ClN4O/c19-15-10-13-2-1-5-20-17(13)14(11-15)12-22-7-3-16(4-8-22)23-9-6-21-18(23)24/h1-2,5,10-11,16H,3-4,6-9,12H2,(H,21,24). The number of carbonyl (C=O) groups is 1. The lowest BCUT2D eigenvalue weighted by molar-refractivity contribution is 0.132. The number of nitrogens with one attached hydrogen (secondary N) is 1. The molecule has 2 aliphatic rings. The predicted octanol–water partition coefficient (Wildman–Crippen LogP) is 2.88. The molecular formula is C18H21ClN4O. The summed E-state index contributed by atoms with van der Waals surface area (Å²) in [6, 6.07) is 8.45. The fourth-order valence-electron chi connectivity index (χ4n) is 3.81. The number of hydrogen-bond acceptors (Lipinski definition) is 3. The van der Waals surface area contributed by atoms with Crippen LogP contribution in [0.4, 0.5) is 4.79 Å². The van der Waals surface area contributed by atoms with Gasteiger partial charge >= 0.3 is 6.03 Å². The van der Waals surface area contributed by atoms with E-state index in [0.29, 0.717) is 6.04 Å². The number of pyridine rings is 1. The van der Waals surface area contributed by atoms with Crippen molar-refractivity contribution >= 4 is 28.5 Å². The first-order chi connectivity index (χ1) is 11.7. The van der Waals surface area contributed by atoms with Gasteiger partial charge in [0.2, 0.25) is 0 Å². The van der Waals surface area contributed by atoms with Crippen molar-refractivity contribution in [1.82, 2.24) is 20.1 Å². The molecule has 24 heavy (non-hydrogen) atoms. The Hall–Kier alpha value is -1.85. The average molecular weight is 345 g/mol. The molecular weight excluding hydrogens is 324 g/mol. The maximum absolute atomic E-state index is 11.8. The predicted molar refractivity (Wildman–Crippen MR) is 95.2 cm³/mol. The number of piperidine rings is 1. The van der Waals surface area contributed by atoms with Crippen LogP contribution < -0.4 is 5.32 Å². The van der Waals surface area contributed by atoms with E-state index in [1.807, 2.05) is 29.3 Å². The summed E-state index contributed by atoms with van der Waals surface area (Å²) >= 11 is 6.27. The maximum Gasteiger partial charge on any atom is 0.317 e. The van der Waals surface area contributed by atoms with E-state index >= 15 is 0 Å². The van der Waals surface area contributed by atoms with Gasteiger partial charge in [0.25, 0.3) is 0 Å². The highest BCUT2D eigenvalue weighted by Crippen LogP contribution is 2.25.